The number of hydrogen-bond donors (Lipinski definition) is 4. The van der Waals surface area contributed by atoms with E-state index in [0.29, 0.717) is 5.75 Å². The van der Waals surface area contributed by atoms with Crippen LogP contribution in [0, 0.1) is 0 Å². The van der Waals surface area contributed by atoms with Crippen molar-refractivity contribution in [2.24, 2.45) is 0 Å². The van der Waals surface area contributed by atoms with Crippen molar-refractivity contribution in [2.45, 2.75) is 28.4 Å². The lowest BCUT2D eigenvalue weighted by molar-refractivity contribution is 0.0770. The number of hydroxylamine groups is 1. The molecule has 0 spiro atoms. The lowest BCUT2D eigenvalue weighted by atomic mass is 10.0. The van der Waals surface area contributed by atoms with Crippen LogP contribution in [0.5, 0.6) is 11.5 Å². The molecule has 0 bridgehead atoms. The number of ether oxygens (including phenoxy) is 1. The number of benzene rings is 3. The summed E-state index contributed by atoms with van der Waals surface area (Å²) in [5.74, 6) is 0.565. The highest BCUT2D eigenvalue weighted by Crippen LogP contribution is 2.29. The van der Waals surface area contributed by atoms with Gasteiger partial charge in [0.2, 0.25) is 9.84 Å². The Morgan fingerprint density at radius 1 is 0.971 bits per heavy atom. The summed E-state index contributed by atoms with van der Waals surface area (Å²) in [6, 6.07) is 20.4. The van der Waals surface area contributed by atoms with E-state index in [0.717, 1.165) is 5.56 Å². The Kier molecular flexibility index (Phi) is 8.47. The molecule has 180 valence electrons. The fourth-order valence-corrected chi connectivity index (χ4v) is 4.68. The number of para-hydroxylation sites is 1. The minimum absolute atomic E-state index is 0.0383. The van der Waals surface area contributed by atoms with Crippen molar-refractivity contribution in [3.8, 4) is 11.5 Å². The first-order valence-corrected chi connectivity index (χ1v) is 11.9. The van der Waals surface area contributed by atoms with Gasteiger partial charge in [-0.25, -0.2) is 13.2 Å². The molecule has 3 aromatic carbocycles. The van der Waals surface area contributed by atoms with E-state index in [1.165, 1.54) is 31.4 Å². The summed E-state index contributed by atoms with van der Waals surface area (Å²) >= 11 is 0. The summed E-state index contributed by atoms with van der Waals surface area (Å²) in [6.45, 7) is -0.158. The molecule has 2 atom stereocenters. The van der Waals surface area contributed by atoms with Crippen LogP contribution in [0.3, 0.4) is 0 Å². The maximum absolute atomic E-state index is 13.1. The van der Waals surface area contributed by atoms with Crippen LogP contribution in [0.1, 0.15) is 5.56 Å². The van der Waals surface area contributed by atoms with E-state index in [9.17, 15) is 18.3 Å². The van der Waals surface area contributed by atoms with Gasteiger partial charge in [-0.15, -0.1) is 0 Å². The monoisotopic (exact) mass is 486 g/mol. The third-order valence-electron chi connectivity index (χ3n) is 5.05. The highest BCUT2D eigenvalue weighted by molar-refractivity contribution is 7.91. The van der Waals surface area contributed by atoms with Crippen LogP contribution in [0.15, 0.2) is 88.7 Å². The Bertz CT molecular complexity index is 1190. The number of aliphatic hydroxyl groups is 1. The summed E-state index contributed by atoms with van der Waals surface area (Å²) in [5.41, 5.74) is 3.40. The lowest BCUT2D eigenvalue weighted by Gasteiger charge is -2.23. The summed E-state index contributed by atoms with van der Waals surface area (Å²) in [4.78, 5) is 16.7. The molecule has 0 fully saturated rings. The number of carboxylic acid groups (broad SMARTS) is 1. The zero-order valence-electron chi connectivity index (χ0n) is 18.4. The first-order chi connectivity index (χ1) is 16.3. The van der Waals surface area contributed by atoms with Gasteiger partial charge in [0.25, 0.3) is 0 Å². The summed E-state index contributed by atoms with van der Waals surface area (Å²) < 4.78 is 31.3. The Morgan fingerprint density at radius 2 is 1.62 bits per heavy atom. The Labute approximate surface area is 197 Å². The molecular formula is C24H26N2O7S. The van der Waals surface area contributed by atoms with Crippen molar-refractivity contribution < 1.29 is 33.0 Å². The van der Waals surface area contributed by atoms with Crippen LogP contribution in [-0.2, 0) is 16.3 Å². The van der Waals surface area contributed by atoms with Gasteiger partial charge < -0.3 is 25.1 Å². The van der Waals surface area contributed by atoms with Crippen molar-refractivity contribution in [2.75, 3.05) is 13.7 Å². The average molecular weight is 487 g/mol. The number of nitrogens with one attached hydrogen (secondary N) is 2. The van der Waals surface area contributed by atoms with E-state index in [2.05, 4.69) is 10.8 Å². The topological polar surface area (TPSA) is 134 Å². The fraction of sp³-hybridized carbons (Fsp3) is 0.208. The standard InChI is InChI=1S/C24H26N2O7S/c1-32-18-11-13-19(14-12-18)34(30,31)23-10-6-5-9-22(23)33-25-16-21(27)20(26-24(28)29)15-17-7-3-2-4-8-17/h2-14,20-21,25-27H,15-16H2,1H3,(H,28,29)/t20-,21+/m0/s1. The minimum atomic E-state index is -3.89. The highest BCUT2D eigenvalue weighted by Gasteiger charge is 2.24. The van der Waals surface area contributed by atoms with Crippen molar-refractivity contribution in [1.82, 2.24) is 10.8 Å². The summed E-state index contributed by atoms with van der Waals surface area (Å²) in [5, 5.41) is 22.0. The van der Waals surface area contributed by atoms with E-state index in [1.807, 2.05) is 30.3 Å². The van der Waals surface area contributed by atoms with Gasteiger partial charge in [-0.3, -0.25) is 0 Å². The maximum atomic E-state index is 13.1. The highest BCUT2D eigenvalue weighted by atomic mass is 32.2. The number of methoxy groups -OCH3 is 1. The number of sulfone groups is 1. The second-order valence-corrected chi connectivity index (χ2v) is 9.31. The van der Waals surface area contributed by atoms with Crippen molar-refractivity contribution in [3.05, 3.63) is 84.4 Å². The fourth-order valence-electron chi connectivity index (χ4n) is 3.30. The Hall–Kier alpha value is -3.60. The first kappa shape index (κ1) is 25.0. The zero-order valence-corrected chi connectivity index (χ0v) is 19.2. The van der Waals surface area contributed by atoms with Crippen LogP contribution in [0.2, 0.25) is 0 Å². The predicted molar refractivity (Wildman–Crippen MR) is 125 cm³/mol. The molecule has 0 unspecified atom stereocenters. The maximum Gasteiger partial charge on any atom is 0.404 e. The van der Waals surface area contributed by atoms with Crippen molar-refractivity contribution in [1.29, 1.82) is 0 Å². The molecule has 0 aliphatic carbocycles. The van der Waals surface area contributed by atoms with E-state index >= 15 is 0 Å². The van der Waals surface area contributed by atoms with Crippen LogP contribution in [0.25, 0.3) is 0 Å². The van der Waals surface area contributed by atoms with Gasteiger partial charge in [-0.2, -0.15) is 5.48 Å². The van der Waals surface area contributed by atoms with E-state index < -0.39 is 28.1 Å². The van der Waals surface area contributed by atoms with Crippen LogP contribution in [0.4, 0.5) is 4.79 Å². The number of rotatable bonds is 11. The van der Waals surface area contributed by atoms with Gasteiger partial charge in [-0.05, 0) is 48.4 Å². The molecule has 0 heterocycles. The van der Waals surface area contributed by atoms with Crippen LogP contribution >= 0.6 is 0 Å². The number of aliphatic hydroxyl groups excluding tert-OH is 1. The van der Waals surface area contributed by atoms with Crippen molar-refractivity contribution in [3.63, 3.8) is 0 Å². The SMILES string of the molecule is COc1ccc(S(=O)(=O)c2ccccc2ONC[C@@H](O)[C@H](Cc2ccccc2)NC(=O)O)cc1. The predicted octanol–water partition coefficient (Wildman–Crippen LogP) is 2.65. The molecule has 3 aromatic rings. The molecule has 0 aliphatic heterocycles. The van der Waals surface area contributed by atoms with Gasteiger partial charge in [0.1, 0.15) is 10.6 Å². The molecule has 0 aliphatic rings. The van der Waals surface area contributed by atoms with Gasteiger partial charge in [0.05, 0.1) is 30.7 Å². The van der Waals surface area contributed by atoms with E-state index in [-0.39, 0.29) is 28.5 Å². The molecule has 0 aromatic heterocycles. The zero-order chi connectivity index (χ0) is 24.6. The van der Waals surface area contributed by atoms with Gasteiger partial charge >= 0.3 is 6.09 Å². The number of amides is 1. The third-order valence-corrected chi connectivity index (χ3v) is 6.86. The molecule has 0 saturated carbocycles. The van der Waals surface area contributed by atoms with Gasteiger partial charge in [0, 0.05) is 0 Å². The smallest absolute Gasteiger partial charge is 0.404 e. The average Bonchev–Trinajstić information content (AvgIpc) is 2.84. The first-order valence-electron chi connectivity index (χ1n) is 10.4. The Morgan fingerprint density at radius 3 is 2.26 bits per heavy atom. The van der Waals surface area contributed by atoms with Gasteiger partial charge in [-0.1, -0.05) is 42.5 Å². The molecule has 0 radical (unpaired) electrons. The molecule has 3 rings (SSSR count). The molecule has 0 saturated heterocycles. The molecule has 34 heavy (non-hydrogen) atoms. The van der Waals surface area contributed by atoms with Gasteiger partial charge in [0.15, 0.2) is 5.75 Å². The third kappa shape index (κ3) is 6.47. The largest absolute Gasteiger partial charge is 0.497 e. The number of hydrogen-bond acceptors (Lipinski definition) is 7. The molecule has 9 nitrogen and oxygen atoms in total. The van der Waals surface area contributed by atoms with Crippen LogP contribution < -0.4 is 20.4 Å². The quantitative estimate of drug-likeness (QED) is 0.304. The normalized spacial score (nSPS) is 13.0. The molecule has 4 N–H and O–H groups in total. The summed E-state index contributed by atoms with van der Waals surface area (Å²) in [7, 11) is -2.40. The van der Waals surface area contributed by atoms with Crippen molar-refractivity contribution >= 4 is 15.9 Å². The second-order valence-electron chi connectivity index (χ2n) is 7.39. The molecule has 1 amide bonds. The minimum Gasteiger partial charge on any atom is -0.497 e. The van der Waals surface area contributed by atoms with E-state index in [1.54, 1.807) is 24.3 Å². The Balaban J connectivity index is 1.69. The molecular weight excluding hydrogens is 460 g/mol. The lowest BCUT2D eigenvalue weighted by Crippen LogP contribution is -2.48. The molecule has 10 heteroatoms. The summed E-state index contributed by atoms with van der Waals surface area (Å²) in [6.07, 6.45) is -2.16. The second kappa shape index (κ2) is 11.5. The van der Waals surface area contributed by atoms with Crippen LogP contribution in [-0.4, -0.2) is 50.5 Å². The van der Waals surface area contributed by atoms with E-state index in [4.69, 9.17) is 14.7 Å². The number of carbonyl (C=O) groups is 1.